The number of rotatable bonds is 5. The number of halogens is 1. The Hall–Kier alpha value is -2.11. The van der Waals surface area contributed by atoms with Gasteiger partial charge in [0.15, 0.2) is 0 Å². The first-order valence-corrected chi connectivity index (χ1v) is 5.94. The van der Waals surface area contributed by atoms with Gasteiger partial charge in [-0.2, -0.15) is 0 Å². The van der Waals surface area contributed by atoms with Crippen molar-refractivity contribution >= 4 is 17.6 Å². The molecule has 6 heteroatoms. The van der Waals surface area contributed by atoms with E-state index in [1.807, 2.05) is 0 Å². The van der Waals surface area contributed by atoms with Gasteiger partial charge < -0.3 is 15.7 Å². The molecule has 1 atom stereocenters. The normalized spacial score (nSPS) is 11.9. The molecule has 0 aliphatic carbocycles. The molecule has 1 aromatic carbocycles. The molecule has 0 spiro atoms. The van der Waals surface area contributed by atoms with Gasteiger partial charge in [-0.15, -0.1) is 0 Å². The van der Waals surface area contributed by atoms with Crippen LogP contribution in [-0.2, 0) is 4.79 Å². The van der Waals surface area contributed by atoms with Crippen LogP contribution in [0, 0.1) is 5.82 Å². The zero-order valence-corrected chi connectivity index (χ0v) is 10.9. The molecule has 0 aromatic heterocycles. The molecule has 0 fully saturated rings. The van der Waals surface area contributed by atoms with Gasteiger partial charge in [-0.25, -0.2) is 4.39 Å². The Morgan fingerprint density at radius 3 is 2.58 bits per heavy atom. The first kappa shape index (κ1) is 14.9. The average Bonchev–Trinajstić information content (AvgIpc) is 2.28. The quantitative estimate of drug-likeness (QED) is 0.797. The Morgan fingerprint density at radius 2 is 2.11 bits per heavy atom. The lowest BCUT2D eigenvalue weighted by Crippen LogP contribution is -2.40. The standard InChI is InChI=1S/C13H17FN2O3/c1-3-16(8(2)6-12(17)18)13(19)10-5-4-9(15)7-11(10)14/h4-5,7-8H,3,6,15H2,1-2H3,(H,17,18). The largest absolute Gasteiger partial charge is 0.481 e. The number of amides is 1. The molecule has 104 valence electrons. The third-order valence-corrected chi connectivity index (χ3v) is 2.83. The molecular formula is C13H17FN2O3. The maximum Gasteiger partial charge on any atom is 0.305 e. The highest BCUT2D eigenvalue weighted by molar-refractivity contribution is 5.95. The molecule has 1 aromatic rings. The number of anilines is 1. The summed E-state index contributed by atoms with van der Waals surface area (Å²) in [5.74, 6) is -2.24. The van der Waals surface area contributed by atoms with Gasteiger partial charge >= 0.3 is 5.97 Å². The number of aliphatic carboxylic acids is 1. The molecule has 1 rings (SSSR count). The summed E-state index contributed by atoms with van der Waals surface area (Å²) in [6.45, 7) is 3.63. The molecule has 1 amide bonds. The van der Waals surface area contributed by atoms with Crippen molar-refractivity contribution < 1.29 is 19.1 Å². The first-order chi connectivity index (χ1) is 8.86. The fourth-order valence-electron chi connectivity index (χ4n) is 1.88. The second kappa shape index (κ2) is 6.17. The van der Waals surface area contributed by atoms with Crippen molar-refractivity contribution in [3.8, 4) is 0 Å². The molecule has 3 N–H and O–H groups in total. The van der Waals surface area contributed by atoms with Crippen LogP contribution in [0.5, 0.6) is 0 Å². The van der Waals surface area contributed by atoms with E-state index in [2.05, 4.69) is 0 Å². The summed E-state index contributed by atoms with van der Waals surface area (Å²) in [6, 6.07) is 3.31. The molecule has 0 saturated heterocycles. The van der Waals surface area contributed by atoms with Crippen molar-refractivity contribution in [1.29, 1.82) is 0 Å². The lowest BCUT2D eigenvalue weighted by molar-refractivity contribution is -0.138. The molecule has 0 radical (unpaired) electrons. The van der Waals surface area contributed by atoms with E-state index in [9.17, 15) is 14.0 Å². The number of nitrogens with zero attached hydrogens (tertiary/aromatic N) is 1. The topological polar surface area (TPSA) is 83.6 Å². The van der Waals surface area contributed by atoms with Crippen molar-refractivity contribution in [3.05, 3.63) is 29.6 Å². The monoisotopic (exact) mass is 268 g/mol. The number of carbonyl (C=O) groups is 2. The lowest BCUT2D eigenvalue weighted by atomic mass is 10.1. The fraction of sp³-hybridized carbons (Fsp3) is 0.385. The third kappa shape index (κ3) is 3.67. The molecule has 0 aliphatic rings. The molecule has 0 bridgehead atoms. The molecule has 19 heavy (non-hydrogen) atoms. The van der Waals surface area contributed by atoms with Gasteiger partial charge in [0.05, 0.1) is 12.0 Å². The second-order valence-electron chi connectivity index (χ2n) is 4.28. The SMILES string of the molecule is CCN(C(=O)c1ccc(N)cc1F)C(C)CC(=O)O. The number of nitrogen functional groups attached to an aromatic ring is 1. The van der Waals surface area contributed by atoms with Crippen LogP contribution in [0.15, 0.2) is 18.2 Å². The summed E-state index contributed by atoms with van der Waals surface area (Å²) in [5, 5.41) is 8.74. The predicted octanol–water partition coefficient (Wildman–Crippen LogP) is 1.73. The van der Waals surface area contributed by atoms with Gasteiger partial charge in [-0.05, 0) is 32.0 Å². The fourth-order valence-corrected chi connectivity index (χ4v) is 1.88. The molecule has 0 aliphatic heterocycles. The maximum absolute atomic E-state index is 13.7. The summed E-state index contributed by atoms with van der Waals surface area (Å²) in [4.78, 5) is 24.2. The number of carboxylic acids is 1. The zero-order chi connectivity index (χ0) is 14.6. The van der Waals surface area contributed by atoms with Crippen LogP contribution in [0.4, 0.5) is 10.1 Å². The van der Waals surface area contributed by atoms with E-state index in [-0.39, 0.29) is 17.7 Å². The van der Waals surface area contributed by atoms with Crippen molar-refractivity contribution in [2.24, 2.45) is 0 Å². The minimum atomic E-state index is -1.00. The van der Waals surface area contributed by atoms with Crippen molar-refractivity contribution in [1.82, 2.24) is 4.90 Å². The van der Waals surface area contributed by atoms with Crippen LogP contribution in [0.3, 0.4) is 0 Å². The van der Waals surface area contributed by atoms with Crippen LogP contribution in [0.25, 0.3) is 0 Å². The van der Waals surface area contributed by atoms with Gasteiger partial charge in [0.25, 0.3) is 5.91 Å². The zero-order valence-electron chi connectivity index (χ0n) is 10.9. The van der Waals surface area contributed by atoms with Crippen molar-refractivity contribution in [3.63, 3.8) is 0 Å². The Labute approximate surface area is 110 Å². The van der Waals surface area contributed by atoms with E-state index in [1.54, 1.807) is 13.8 Å². The van der Waals surface area contributed by atoms with E-state index in [0.29, 0.717) is 6.54 Å². The Kier molecular flexibility index (Phi) is 4.86. The average molecular weight is 268 g/mol. The molecular weight excluding hydrogens is 251 g/mol. The first-order valence-electron chi connectivity index (χ1n) is 5.94. The number of carboxylic acid groups (broad SMARTS) is 1. The number of carbonyl (C=O) groups excluding carboxylic acids is 1. The highest BCUT2D eigenvalue weighted by Crippen LogP contribution is 2.16. The number of nitrogens with two attached hydrogens (primary N) is 1. The van der Waals surface area contributed by atoms with Crippen LogP contribution in [0.2, 0.25) is 0 Å². The summed E-state index contributed by atoms with van der Waals surface area (Å²) in [6.07, 6.45) is -0.184. The highest BCUT2D eigenvalue weighted by atomic mass is 19.1. The minimum Gasteiger partial charge on any atom is -0.481 e. The van der Waals surface area contributed by atoms with E-state index in [1.165, 1.54) is 17.0 Å². The number of benzene rings is 1. The maximum atomic E-state index is 13.7. The Balaban J connectivity index is 2.98. The molecule has 0 saturated carbocycles. The molecule has 0 heterocycles. The highest BCUT2D eigenvalue weighted by Gasteiger charge is 2.24. The lowest BCUT2D eigenvalue weighted by Gasteiger charge is -2.27. The number of hydrogen-bond donors (Lipinski definition) is 2. The van der Waals surface area contributed by atoms with Gasteiger partial charge in [0.2, 0.25) is 0 Å². The van der Waals surface area contributed by atoms with Crippen LogP contribution in [0.1, 0.15) is 30.6 Å². The van der Waals surface area contributed by atoms with Gasteiger partial charge in [-0.3, -0.25) is 9.59 Å². The van der Waals surface area contributed by atoms with Gasteiger partial charge in [0.1, 0.15) is 5.82 Å². The summed E-state index contributed by atoms with van der Waals surface area (Å²) < 4.78 is 13.7. The Bertz CT molecular complexity index is 491. The molecule has 5 nitrogen and oxygen atoms in total. The smallest absolute Gasteiger partial charge is 0.305 e. The van der Waals surface area contributed by atoms with Crippen LogP contribution >= 0.6 is 0 Å². The van der Waals surface area contributed by atoms with Gasteiger partial charge in [0, 0.05) is 18.3 Å². The van der Waals surface area contributed by atoms with E-state index >= 15 is 0 Å². The summed E-state index contributed by atoms with van der Waals surface area (Å²) in [7, 11) is 0. The number of hydrogen-bond acceptors (Lipinski definition) is 3. The Morgan fingerprint density at radius 1 is 1.47 bits per heavy atom. The van der Waals surface area contributed by atoms with Crippen LogP contribution < -0.4 is 5.73 Å². The third-order valence-electron chi connectivity index (χ3n) is 2.83. The van der Waals surface area contributed by atoms with E-state index < -0.39 is 23.7 Å². The van der Waals surface area contributed by atoms with Crippen molar-refractivity contribution in [2.75, 3.05) is 12.3 Å². The second-order valence-corrected chi connectivity index (χ2v) is 4.28. The molecule has 1 unspecified atom stereocenters. The van der Waals surface area contributed by atoms with E-state index in [4.69, 9.17) is 10.8 Å². The summed E-state index contributed by atoms with van der Waals surface area (Å²) >= 11 is 0. The van der Waals surface area contributed by atoms with Crippen molar-refractivity contribution in [2.45, 2.75) is 26.3 Å². The van der Waals surface area contributed by atoms with E-state index in [0.717, 1.165) is 6.07 Å². The van der Waals surface area contributed by atoms with Gasteiger partial charge in [-0.1, -0.05) is 0 Å². The predicted molar refractivity (Wildman–Crippen MR) is 69.2 cm³/mol. The van der Waals surface area contributed by atoms with Crippen LogP contribution in [-0.4, -0.2) is 34.5 Å². The minimum absolute atomic E-state index is 0.103. The summed E-state index contributed by atoms with van der Waals surface area (Å²) in [5.41, 5.74) is 5.55.